The van der Waals surface area contributed by atoms with Crippen LogP contribution in [0.5, 0.6) is 0 Å². The second-order valence-electron chi connectivity index (χ2n) is 7.01. The Balaban J connectivity index is 1.68. The van der Waals surface area contributed by atoms with Gasteiger partial charge in [-0.3, -0.25) is 0 Å². The second-order valence-corrected chi connectivity index (χ2v) is 10.8. The van der Waals surface area contributed by atoms with Crippen LogP contribution in [0.2, 0.25) is 0 Å². The molecule has 0 radical (unpaired) electrons. The van der Waals surface area contributed by atoms with Crippen LogP contribution in [0, 0.1) is 0 Å². The van der Waals surface area contributed by atoms with Gasteiger partial charge in [-0.25, -0.2) is 10.0 Å². The van der Waals surface area contributed by atoms with Crippen LogP contribution < -0.4 is 0 Å². The number of fused-ring (bicyclic) bond motifs is 1. The van der Waals surface area contributed by atoms with Crippen molar-refractivity contribution in [2.45, 2.75) is 15.7 Å². The van der Waals surface area contributed by atoms with Crippen LogP contribution >= 0.6 is 10.0 Å². The van der Waals surface area contributed by atoms with Gasteiger partial charge in [0, 0.05) is 15.7 Å². The molecular weight excluding hydrogens is 272 g/mol. The maximum Gasteiger partial charge on any atom is 0.0268 e. The summed E-state index contributed by atoms with van der Waals surface area (Å²) in [6.07, 6.45) is 0. The van der Waals surface area contributed by atoms with Crippen molar-refractivity contribution in [3.63, 3.8) is 0 Å². The van der Waals surface area contributed by atoms with Gasteiger partial charge < -0.3 is 0 Å². The van der Waals surface area contributed by atoms with Gasteiger partial charge >= 0.3 is 0 Å². The molecule has 3 aliphatic heterocycles. The molecule has 1 heteroatoms. The highest BCUT2D eigenvalue weighted by Gasteiger charge is 2.94. The van der Waals surface area contributed by atoms with E-state index in [1.54, 1.807) is 16.7 Å². The zero-order valence-corrected chi connectivity index (χ0v) is 12.4. The lowest BCUT2D eigenvalue weighted by molar-refractivity contribution is 0.974. The van der Waals surface area contributed by atoms with Crippen molar-refractivity contribution in [1.82, 2.24) is 0 Å². The van der Waals surface area contributed by atoms with Crippen LogP contribution in [0.25, 0.3) is 32.3 Å². The first-order valence-electron chi connectivity index (χ1n) is 7.84. The van der Waals surface area contributed by atoms with Crippen LogP contribution in [0.15, 0.2) is 54.6 Å². The molecule has 21 heavy (non-hydrogen) atoms. The standard InChI is InChI=1S/C20H14S/c1-2-11-4-5-13-7-9-15(19-20-16-10-21(16,19)20)14-8-6-12(3-1)17(11)18(13)14/h1-9,16,19-20H,10H2. The summed E-state index contributed by atoms with van der Waals surface area (Å²) in [5.41, 5.74) is 1.68. The number of benzene rings is 4. The van der Waals surface area contributed by atoms with Crippen molar-refractivity contribution >= 4 is 42.3 Å². The zero-order chi connectivity index (χ0) is 13.3. The summed E-state index contributed by atoms with van der Waals surface area (Å²) in [6, 6.07) is 20.8. The van der Waals surface area contributed by atoms with Gasteiger partial charge in [0.1, 0.15) is 0 Å². The molecule has 0 aromatic heterocycles. The third-order valence-electron chi connectivity index (χ3n) is 6.26. The Morgan fingerprint density at radius 2 is 1.43 bits per heavy atom. The minimum Gasteiger partial charge on any atom is -0.222 e. The summed E-state index contributed by atoms with van der Waals surface area (Å²) in [5.74, 6) is 1.60. The molecular formula is C20H14S. The number of rotatable bonds is 1. The van der Waals surface area contributed by atoms with Gasteiger partial charge in [0.2, 0.25) is 0 Å². The minimum atomic E-state index is -0.0449. The van der Waals surface area contributed by atoms with Crippen molar-refractivity contribution in [3.8, 4) is 0 Å². The fourth-order valence-corrected chi connectivity index (χ4v) is 10.1. The predicted octanol–water partition coefficient (Wildman–Crippen LogP) is 5.21. The second kappa shape index (κ2) is 2.78. The van der Waals surface area contributed by atoms with Crippen molar-refractivity contribution < 1.29 is 0 Å². The van der Waals surface area contributed by atoms with Crippen molar-refractivity contribution in [1.29, 1.82) is 0 Å². The molecule has 0 amide bonds. The van der Waals surface area contributed by atoms with E-state index >= 15 is 0 Å². The maximum atomic E-state index is 2.44. The lowest BCUT2D eigenvalue weighted by Gasteiger charge is -2.14. The van der Waals surface area contributed by atoms with E-state index in [0.29, 0.717) is 0 Å². The lowest BCUT2D eigenvalue weighted by Crippen LogP contribution is -1.96. The highest BCUT2D eigenvalue weighted by molar-refractivity contribution is 8.53. The Morgan fingerprint density at radius 1 is 0.762 bits per heavy atom. The van der Waals surface area contributed by atoms with E-state index < -0.39 is 0 Å². The van der Waals surface area contributed by atoms with Gasteiger partial charge in [-0.2, -0.15) is 0 Å². The van der Waals surface area contributed by atoms with Gasteiger partial charge in [0.05, 0.1) is 0 Å². The molecule has 7 rings (SSSR count). The van der Waals surface area contributed by atoms with Crippen molar-refractivity contribution in [3.05, 3.63) is 60.2 Å². The SMILES string of the molecule is c1cc2ccc3ccc(C4C5C6CS645)c4ccc(c1)c2c34. The summed E-state index contributed by atoms with van der Waals surface area (Å²) < 4.78 is 0. The molecule has 100 valence electrons. The third kappa shape index (κ3) is 0.926. The van der Waals surface area contributed by atoms with Crippen molar-refractivity contribution in [2.75, 3.05) is 5.75 Å². The monoisotopic (exact) mass is 286 g/mol. The largest absolute Gasteiger partial charge is 0.222 e. The average molecular weight is 286 g/mol. The summed E-state index contributed by atoms with van der Waals surface area (Å²) >= 11 is 0. The molecule has 0 bridgehead atoms. The highest BCUT2D eigenvalue weighted by atomic mass is 32.3. The highest BCUT2D eigenvalue weighted by Crippen LogP contribution is 3.14. The first kappa shape index (κ1) is 10.1. The number of hydrogen-bond acceptors (Lipinski definition) is 0. The van der Waals surface area contributed by atoms with E-state index in [9.17, 15) is 0 Å². The van der Waals surface area contributed by atoms with E-state index in [2.05, 4.69) is 54.6 Å². The normalized spacial score (nSPS) is 38.2. The molecule has 3 aliphatic rings. The van der Waals surface area contributed by atoms with Gasteiger partial charge in [0.15, 0.2) is 0 Å². The van der Waals surface area contributed by atoms with E-state index in [1.165, 1.54) is 32.2 Å². The minimum absolute atomic E-state index is 0.0449. The molecule has 0 nitrogen and oxygen atoms in total. The van der Waals surface area contributed by atoms with E-state index in [-0.39, 0.29) is 10.0 Å². The molecule has 1 spiro atoms. The Bertz CT molecular complexity index is 1080. The molecule has 0 saturated carbocycles. The smallest absolute Gasteiger partial charge is 0.0268 e. The molecule has 0 N–H and O–H groups in total. The fourth-order valence-electron chi connectivity index (χ4n) is 4.98. The molecule has 3 heterocycles. The van der Waals surface area contributed by atoms with Gasteiger partial charge in [-0.05, 0) is 43.6 Å². The Hall–Kier alpha value is -1.73. The molecule has 3 fully saturated rings. The summed E-state index contributed by atoms with van der Waals surface area (Å²) in [7, 11) is -0.0449. The molecule has 0 aliphatic carbocycles. The molecule has 4 atom stereocenters. The van der Waals surface area contributed by atoms with Crippen LogP contribution in [0.3, 0.4) is 0 Å². The van der Waals surface area contributed by atoms with Gasteiger partial charge in [-0.1, -0.05) is 54.6 Å². The zero-order valence-electron chi connectivity index (χ0n) is 11.5. The molecule has 3 saturated heterocycles. The van der Waals surface area contributed by atoms with Crippen LogP contribution in [0.1, 0.15) is 10.8 Å². The number of hydrogen-bond donors (Lipinski definition) is 0. The maximum absolute atomic E-state index is 2.44. The van der Waals surface area contributed by atoms with E-state index in [4.69, 9.17) is 0 Å². The first-order chi connectivity index (χ1) is 10.4. The first-order valence-corrected chi connectivity index (χ1v) is 9.83. The van der Waals surface area contributed by atoms with E-state index in [0.717, 1.165) is 10.5 Å². The topological polar surface area (TPSA) is 0 Å². The van der Waals surface area contributed by atoms with E-state index in [1.807, 2.05) is 0 Å². The third-order valence-corrected chi connectivity index (χ3v) is 10.8. The molecule has 4 aromatic rings. The Morgan fingerprint density at radius 3 is 2.14 bits per heavy atom. The lowest BCUT2D eigenvalue weighted by atomic mass is 9.90. The summed E-state index contributed by atoms with van der Waals surface area (Å²) in [4.78, 5) is 0. The van der Waals surface area contributed by atoms with Crippen LogP contribution in [-0.4, -0.2) is 16.3 Å². The van der Waals surface area contributed by atoms with Gasteiger partial charge in [-0.15, -0.1) is 0 Å². The molecule has 4 unspecified atom stereocenters. The quantitative estimate of drug-likeness (QED) is 0.333. The Kier molecular flexibility index (Phi) is 1.33. The van der Waals surface area contributed by atoms with Crippen LogP contribution in [0.4, 0.5) is 0 Å². The summed E-state index contributed by atoms with van der Waals surface area (Å²) in [6.45, 7) is 0. The van der Waals surface area contributed by atoms with Gasteiger partial charge in [0.25, 0.3) is 0 Å². The predicted molar refractivity (Wildman–Crippen MR) is 92.9 cm³/mol. The van der Waals surface area contributed by atoms with Crippen molar-refractivity contribution in [2.24, 2.45) is 0 Å². The van der Waals surface area contributed by atoms with Crippen LogP contribution in [-0.2, 0) is 0 Å². The average Bonchev–Trinajstić information content (AvgIpc) is 3.44. The molecule has 4 aromatic carbocycles. The Labute approximate surface area is 124 Å². The summed E-state index contributed by atoms with van der Waals surface area (Å²) in [5, 5.41) is 12.1. The fraction of sp³-hybridized carbons (Fsp3) is 0.200.